The van der Waals surface area contributed by atoms with Crippen molar-refractivity contribution in [3.8, 4) is 5.75 Å². The third kappa shape index (κ3) is 3.01. The molecule has 1 aromatic rings. The first-order valence-corrected chi connectivity index (χ1v) is 5.00. The average molecular weight is 245 g/mol. The van der Waals surface area contributed by atoms with Gasteiger partial charge in [-0.1, -0.05) is 6.07 Å². The molecule has 0 saturated heterocycles. The molecule has 0 unspecified atom stereocenters. The van der Waals surface area contributed by atoms with Gasteiger partial charge in [0.2, 0.25) is 0 Å². The van der Waals surface area contributed by atoms with E-state index in [0.717, 1.165) is 23.1 Å². The van der Waals surface area contributed by atoms with Crippen molar-refractivity contribution in [1.29, 1.82) is 0 Å². The van der Waals surface area contributed by atoms with Gasteiger partial charge in [0.25, 0.3) is 0 Å². The van der Waals surface area contributed by atoms with Crippen LogP contribution >= 0.6 is 15.9 Å². The molecule has 2 nitrogen and oxygen atoms in total. The van der Waals surface area contributed by atoms with E-state index >= 15 is 0 Å². The van der Waals surface area contributed by atoms with E-state index in [1.165, 1.54) is 5.56 Å². The molecule has 0 aliphatic carbocycles. The minimum absolute atomic E-state index is 0.235. The van der Waals surface area contributed by atoms with Crippen molar-refractivity contribution in [3.63, 3.8) is 0 Å². The molecule has 1 aromatic carbocycles. The highest BCUT2D eigenvalue weighted by molar-refractivity contribution is 9.10. The molecule has 0 atom stereocenters. The fraction of sp³-hybridized carbons (Fsp3) is 0.400. The zero-order chi connectivity index (χ0) is 9.68. The maximum atomic E-state index is 8.67. The Kier molecular flexibility index (Phi) is 4.25. The smallest absolute Gasteiger partial charge is 0.133 e. The average Bonchev–Trinajstić information content (AvgIpc) is 2.16. The van der Waals surface area contributed by atoms with Gasteiger partial charge in [-0.25, -0.2) is 0 Å². The fourth-order valence-corrected chi connectivity index (χ4v) is 1.55. The number of hydrogen-bond acceptors (Lipinski definition) is 2. The number of hydrogen-bond donors (Lipinski definition) is 1. The maximum Gasteiger partial charge on any atom is 0.133 e. The molecular formula is C10H13BrO2. The third-order valence-corrected chi connectivity index (χ3v) is 2.49. The normalized spacial score (nSPS) is 10.1. The predicted molar refractivity (Wildman–Crippen MR) is 56.1 cm³/mol. The minimum atomic E-state index is 0.235. The van der Waals surface area contributed by atoms with Crippen LogP contribution in [0.15, 0.2) is 22.7 Å². The summed E-state index contributed by atoms with van der Waals surface area (Å²) in [5.74, 6) is 0.843. The summed E-state index contributed by atoms with van der Waals surface area (Å²) in [5, 5.41) is 8.67. The molecule has 0 aliphatic rings. The summed E-state index contributed by atoms with van der Waals surface area (Å²) in [4.78, 5) is 0. The zero-order valence-electron chi connectivity index (χ0n) is 7.59. The molecule has 0 bridgehead atoms. The second-order valence-electron chi connectivity index (χ2n) is 2.80. The Morgan fingerprint density at radius 1 is 1.46 bits per heavy atom. The summed E-state index contributed by atoms with van der Waals surface area (Å²) in [6.45, 7) is 0.235. The van der Waals surface area contributed by atoms with Crippen LogP contribution in [0.3, 0.4) is 0 Å². The molecule has 13 heavy (non-hydrogen) atoms. The van der Waals surface area contributed by atoms with Crippen LogP contribution in [0.4, 0.5) is 0 Å². The number of halogens is 1. The molecule has 3 heteroatoms. The number of aliphatic hydroxyl groups excluding tert-OH is 1. The SMILES string of the molecule is COc1cc(CCCO)ccc1Br. The largest absolute Gasteiger partial charge is 0.496 e. The molecule has 1 rings (SSSR count). The lowest BCUT2D eigenvalue weighted by Crippen LogP contribution is -1.91. The molecule has 0 radical (unpaired) electrons. The molecule has 0 saturated carbocycles. The number of rotatable bonds is 4. The van der Waals surface area contributed by atoms with Crippen LogP contribution in [-0.4, -0.2) is 18.8 Å². The lowest BCUT2D eigenvalue weighted by molar-refractivity contribution is 0.288. The van der Waals surface area contributed by atoms with Crippen LogP contribution in [-0.2, 0) is 6.42 Å². The number of aliphatic hydroxyl groups is 1. The lowest BCUT2D eigenvalue weighted by Gasteiger charge is -2.05. The van der Waals surface area contributed by atoms with Gasteiger partial charge in [-0.05, 0) is 46.5 Å². The van der Waals surface area contributed by atoms with Crippen LogP contribution in [0.5, 0.6) is 5.75 Å². The maximum absolute atomic E-state index is 8.67. The van der Waals surface area contributed by atoms with Crippen LogP contribution in [0.1, 0.15) is 12.0 Å². The molecule has 0 amide bonds. The number of ether oxygens (including phenoxy) is 1. The third-order valence-electron chi connectivity index (χ3n) is 1.84. The summed E-state index contributed by atoms with van der Waals surface area (Å²) < 4.78 is 6.12. The van der Waals surface area contributed by atoms with Gasteiger partial charge in [-0.3, -0.25) is 0 Å². The standard InChI is InChI=1S/C10H13BrO2/c1-13-10-7-8(3-2-6-12)4-5-9(10)11/h4-5,7,12H,2-3,6H2,1H3. The van der Waals surface area contributed by atoms with Crippen molar-refractivity contribution in [1.82, 2.24) is 0 Å². The predicted octanol–water partition coefficient (Wildman–Crippen LogP) is 2.38. The van der Waals surface area contributed by atoms with Crippen LogP contribution in [0.2, 0.25) is 0 Å². The monoisotopic (exact) mass is 244 g/mol. The van der Waals surface area contributed by atoms with E-state index in [1.807, 2.05) is 18.2 Å². The molecule has 0 aliphatic heterocycles. The van der Waals surface area contributed by atoms with Crippen LogP contribution < -0.4 is 4.74 Å². The van der Waals surface area contributed by atoms with Crippen molar-refractivity contribution < 1.29 is 9.84 Å². The highest BCUT2D eigenvalue weighted by Crippen LogP contribution is 2.25. The molecule has 72 valence electrons. The summed E-state index contributed by atoms with van der Waals surface area (Å²) in [6.07, 6.45) is 1.69. The van der Waals surface area contributed by atoms with Crippen molar-refractivity contribution in [2.24, 2.45) is 0 Å². The van der Waals surface area contributed by atoms with E-state index in [2.05, 4.69) is 15.9 Å². The van der Waals surface area contributed by atoms with Gasteiger partial charge in [-0.15, -0.1) is 0 Å². The van der Waals surface area contributed by atoms with Gasteiger partial charge in [-0.2, -0.15) is 0 Å². The van der Waals surface area contributed by atoms with Gasteiger partial charge in [0, 0.05) is 6.61 Å². The first-order chi connectivity index (χ1) is 6.27. The topological polar surface area (TPSA) is 29.5 Å². The quantitative estimate of drug-likeness (QED) is 0.882. The number of methoxy groups -OCH3 is 1. The van der Waals surface area contributed by atoms with E-state index in [0.29, 0.717) is 0 Å². The van der Waals surface area contributed by atoms with Crippen molar-refractivity contribution in [2.45, 2.75) is 12.8 Å². The van der Waals surface area contributed by atoms with E-state index in [9.17, 15) is 0 Å². The Hall–Kier alpha value is -0.540. The molecule has 0 heterocycles. The summed E-state index contributed by atoms with van der Waals surface area (Å²) in [6, 6.07) is 5.98. The fourth-order valence-electron chi connectivity index (χ4n) is 1.14. The van der Waals surface area contributed by atoms with E-state index < -0.39 is 0 Å². The van der Waals surface area contributed by atoms with Crippen molar-refractivity contribution >= 4 is 15.9 Å². The number of aryl methyl sites for hydroxylation is 1. The summed E-state index contributed by atoms with van der Waals surface area (Å²) in [5.41, 5.74) is 1.19. The lowest BCUT2D eigenvalue weighted by atomic mass is 10.1. The van der Waals surface area contributed by atoms with E-state index in [4.69, 9.17) is 9.84 Å². The molecule has 1 N–H and O–H groups in total. The molecule has 0 spiro atoms. The first-order valence-electron chi connectivity index (χ1n) is 4.21. The van der Waals surface area contributed by atoms with Gasteiger partial charge < -0.3 is 9.84 Å². The Morgan fingerprint density at radius 2 is 2.23 bits per heavy atom. The summed E-state index contributed by atoms with van der Waals surface area (Å²) >= 11 is 3.38. The zero-order valence-corrected chi connectivity index (χ0v) is 9.17. The van der Waals surface area contributed by atoms with Crippen molar-refractivity contribution in [2.75, 3.05) is 13.7 Å². The van der Waals surface area contributed by atoms with E-state index in [1.54, 1.807) is 7.11 Å². The van der Waals surface area contributed by atoms with Crippen molar-refractivity contribution in [3.05, 3.63) is 28.2 Å². The highest BCUT2D eigenvalue weighted by atomic mass is 79.9. The first kappa shape index (κ1) is 10.5. The van der Waals surface area contributed by atoms with Crippen LogP contribution in [0, 0.1) is 0 Å². The highest BCUT2D eigenvalue weighted by Gasteiger charge is 2.00. The molecule has 0 aromatic heterocycles. The Labute approximate surface area is 86.7 Å². The second kappa shape index (κ2) is 5.25. The Morgan fingerprint density at radius 3 is 2.85 bits per heavy atom. The van der Waals surface area contributed by atoms with E-state index in [-0.39, 0.29) is 6.61 Å². The van der Waals surface area contributed by atoms with Crippen LogP contribution in [0.25, 0.3) is 0 Å². The second-order valence-corrected chi connectivity index (χ2v) is 3.65. The van der Waals surface area contributed by atoms with Gasteiger partial charge in [0.1, 0.15) is 5.75 Å². The van der Waals surface area contributed by atoms with Gasteiger partial charge in [0.05, 0.1) is 11.6 Å². The van der Waals surface area contributed by atoms with Gasteiger partial charge in [0.15, 0.2) is 0 Å². The van der Waals surface area contributed by atoms with Gasteiger partial charge >= 0.3 is 0 Å². The summed E-state index contributed by atoms with van der Waals surface area (Å²) in [7, 11) is 1.65. The number of benzene rings is 1. The minimum Gasteiger partial charge on any atom is -0.496 e. The Balaban J connectivity index is 2.74. The molecule has 0 fully saturated rings. The Bertz CT molecular complexity index is 274. The molecular weight excluding hydrogens is 232 g/mol.